The summed E-state index contributed by atoms with van der Waals surface area (Å²) in [4.78, 5) is 18.5. The van der Waals surface area contributed by atoms with E-state index in [0.717, 1.165) is 28.9 Å². The molecule has 1 amide bonds. The minimum Gasteiger partial charge on any atom is -0.351 e. The molecule has 2 aromatic heterocycles. The van der Waals surface area contributed by atoms with Gasteiger partial charge < -0.3 is 9.72 Å². The molecular formula is C15H19BrN4O. The Morgan fingerprint density at radius 1 is 1.57 bits per heavy atom. The van der Waals surface area contributed by atoms with Crippen molar-refractivity contribution in [2.24, 2.45) is 0 Å². The highest BCUT2D eigenvalue weighted by Crippen LogP contribution is 2.08. The zero-order valence-electron chi connectivity index (χ0n) is 12.3. The first-order chi connectivity index (χ1) is 9.95. The summed E-state index contributed by atoms with van der Waals surface area (Å²) in [5, 5.41) is 2.91. The molecule has 0 aliphatic carbocycles. The van der Waals surface area contributed by atoms with Gasteiger partial charge in [0.15, 0.2) is 0 Å². The van der Waals surface area contributed by atoms with Crippen LogP contribution in [0.2, 0.25) is 0 Å². The van der Waals surface area contributed by atoms with Crippen LogP contribution in [-0.2, 0) is 0 Å². The number of aryl methyl sites for hydroxylation is 1. The van der Waals surface area contributed by atoms with E-state index in [1.807, 2.05) is 30.8 Å². The van der Waals surface area contributed by atoms with Crippen molar-refractivity contribution in [3.63, 3.8) is 0 Å². The number of imidazole rings is 1. The van der Waals surface area contributed by atoms with Crippen molar-refractivity contribution >= 4 is 27.5 Å². The van der Waals surface area contributed by atoms with Gasteiger partial charge in [0.25, 0.3) is 5.91 Å². The first kappa shape index (κ1) is 15.7. The largest absolute Gasteiger partial charge is 0.351 e. The maximum Gasteiger partial charge on any atom is 0.251 e. The van der Waals surface area contributed by atoms with Crippen LogP contribution < -0.4 is 5.32 Å². The maximum atomic E-state index is 12.1. The topological polar surface area (TPSA) is 49.6 Å². The molecule has 0 spiro atoms. The lowest BCUT2D eigenvalue weighted by Gasteiger charge is -2.16. The fraction of sp³-hybridized carbons (Fsp3) is 0.333. The minimum atomic E-state index is -0.0794. The van der Waals surface area contributed by atoms with Crippen molar-refractivity contribution in [3.8, 4) is 0 Å². The summed E-state index contributed by atoms with van der Waals surface area (Å²) in [6, 6.07) is 3.60. The minimum absolute atomic E-state index is 0.0794. The number of rotatable bonds is 6. The van der Waals surface area contributed by atoms with Crippen LogP contribution in [0.4, 0.5) is 0 Å². The van der Waals surface area contributed by atoms with Crippen LogP contribution in [0.3, 0.4) is 0 Å². The van der Waals surface area contributed by atoms with Gasteiger partial charge in [-0.3, -0.25) is 9.69 Å². The Kier molecular flexibility index (Phi) is 5.14. The molecular weight excluding hydrogens is 332 g/mol. The first-order valence-electron chi connectivity index (χ1n) is 6.71. The molecule has 112 valence electrons. The Morgan fingerprint density at radius 3 is 3.05 bits per heavy atom. The Hall–Kier alpha value is -1.66. The molecule has 0 aromatic carbocycles. The maximum absolute atomic E-state index is 12.1. The fourth-order valence-corrected chi connectivity index (χ4v) is 2.51. The Bertz CT molecular complexity index is 665. The van der Waals surface area contributed by atoms with Gasteiger partial charge in [0, 0.05) is 42.1 Å². The molecule has 0 unspecified atom stereocenters. The summed E-state index contributed by atoms with van der Waals surface area (Å²) in [7, 11) is 1.98. The van der Waals surface area contributed by atoms with E-state index in [4.69, 9.17) is 0 Å². The third kappa shape index (κ3) is 4.41. The Morgan fingerprint density at radius 2 is 2.33 bits per heavy atom. The van der Waals surface area contributed by atoms with Crippen molar-refractivity contribution in [2.45, 2.75) is 6.92 Å². The number of nitrogens with zero attached hydrogens (tertiary/aromatic N) is 3. The monoisotopic (exact) mass is 350 g/mol. The number of aromatic nitrogens is 2. The number of amides is 1. The molecule has 2 heterocycles. The quantitative estimate of drug-likeness (QED) is 0.868. The molecule has 0 saturated heterocycles. The number of pyridine rings is 1. The molecule has 21 heavy (non-hydrogen) atoms. The van der Waals surface area contributed by atoms with E-state index in [-0.39, 0.29) is 5.91 Å². The average Bonchev–Trinajstić information content (AvgIpc) is 2.76. The summed E-state index contributed by atoms with van der Waals surface area (Å²) in [6.07, 6.45) is 3.78. The van der Waals surface area contributed by atoms with Gasteiger partial charge in [-0.1, -0.05) is 22.5 Å². The van der Waals surface area contributed by atoms with Gasteiger partial charge in [-0.05, 0) is 26.1 Å². The van der Waals surface area contributed by atoms with E-state index in [9.17, 15) is 4.79 Å². The van der Waals surface area contributed by atoms with Crippen molar-refractivity contribution in [2.75, 3.05) is 26.7 Å². The SMILES string of the molecule is C=C(Br)CN(C)CCNC(=O)c1ccn2cc(C)nc2c1. The predicted molar refractivity (Wildman–Crippen MR) is 87.8 cm³/mol. The highest BCUT2D eigenvalue weighted by molar-refractivity contribution is 9.11. The van der Waals surface area contributed by atoms with Gasteiger partial charge in [-0.25, -0.2) is 4.98 Å². The van der Waals surface area contributed by atoms with Gasteiger partial charge in [0.1, 0.15) is 5.65 Å². The molecule has 6 heteroatoms. The molecule has 2 aromatic rings. The van der Waals surface area contributed by atoms with Crippen LogP contribution in [-0.4, -0.2) is 46.9 Å². The lowest BCUT2D eigenvalue weighted by molar-refractivity contribution is 0.0950. The van der Waals surface area contributed by atoms with Crippen molar-refractivity contribution in [3.05, 3.63) is 46.8 Å². The third-order valence-electron chi connectivity index (χ3n) is 3.06. The van der Waals surface area contributed by atoms with E-state index in [2.05, 4.69) is 37.7 Å². The standard InChI is InChI=1S/C15H19BrN4O/c1-11(16)9-19(3)7-5-17-15(21)13-4-6-20-10-12(2)18-14(20)8-13/h4,6,8,10H,1,5,7,9H2,2-3H3,(H,17,21). The second kappa shape index (κ2) is 6.87. The lowest BCUT2D eigenvalue weighted by Crippen LogP contribution is -2.33. The summed E-state index contributed by atoms with van der Waals surface area (Å²) < 4.78 is 2.83. The average molecular weight is 351 g/mol. The Balaban J connectivity index is 1.91. The number of carbonyl (C=O) groups is 1. The molecule has 5 nitrogen and oxygen atoms in total. The number of nitrogens with one attached hydrogen (secondary N) is 1. The van der Waals surface area contributed by atoms with E-state index in [1.54, 1.807) is 12.1 Å². The van der Waals surface area contributed by atoms with Crippen LogP contribution in [0.25, 0.3) is 5.65 Å². The predicted octanol–water partition coefficient (Wildman–Crippen LogP) is 2.21. The lowest BCUT2D eigenvalue weighted by atomic mass is 10.2. The first-order valence-corrected chi connectivity index (χ1v) is 7.50. The number of likely N-dealkylation sites (N-methyl/N-ethyl adjacent to an activating group) is 1. The van der Waals surface area contributed by atoms with Gasteiger partial charge in [-0.15, -0.1) is 0 Å². The summed E-state index contributed by atoms with van der Waals surface area (Å²) >= 11 is 3.32. The van der Waals surface area contributed by atoms with Crippen LogP contribution in [0, 0.1) is 6.92 Å². The number of halogens is 1. The van der Waals surface area contributed by atoms with Crippen LogP contribution in [0.5, 0.6) is 0 Å². The highest BCUT2D eigenvalue weighted by atomic mass is 79.9. The van der Waals surface area contributed by atoms with Crippen LogP contribution in [0.15, 0.2) is 35.6 Å². The summed E-state index contributed by atoms with van der Waals surface area (Å²) in [6.45, 7) is 7.84. The van der Waals surface area contributed by atoms with E-state index < -0.39 is 0 Å². The molecule has 0 saturated carbocycles. The molecule has 0 aliphatic rings. The molecule has 0 radical (unpaired) electrons. The van der Waals surface area contributed by atoms with Gasteiger partial charge in [-0.2, -0.15) is 0 Å². The zero-order valence-corrected chi connectivity index (χ0v) is 13.9. The van der Waals surface area contributed by atoms with Gasteiger partial charge >= 0.3 is 0 Å². The zero-order chi connectivity index (χ0) is 15.4. The molecule has 1 N–H and O–H groups in total. The van der Waals surface area contributed by atoms with Gasteiger partial charge in [0.2, 0.25) is 0 Å². The Labute approximate surface area is 132 Å². The van der Waals surface area contributed by atoms with E-state index in [1.165, 1.54) is 0 Å². The molecule has 0 aliphatic heterocycles. The van der Waals surface area contributed by atoms with Crippen molar-refractivity contribution < 1.29 is 4.79 Å². The number of fused-ring (bicyclic) bond motifs is 1. The summed E-state index contributed by atoms with van der Waals surface area (Å²) in [5.74, 6) is -0.0794. The van der Waals surface area contributed by atoms with Crippen molar-refractivity contribution in [1.82, 2.24) is 19.6 Å². The van der Waals surface area contributed by atoms with Crippen LogP contribution in [0.1, 0.15) is 16.1 Å². The second-order valence-corrected chi connectivity index (χ2v) is 6.20. The number of hydrogen-bond acceptors (Lipinski definition) is 3. The fourth-order valence-electron chi connectivity index (χ4n) is 2.08. The smallest absolute Gasteiger partial charge is 0.251 e. The molecule has 2 rings (SSSR count). The van der Waals surface area contributed by atoms with E-state index in [0.29, 0.717) is 12.1 Å². The van der Waals surface area contributed by atoms with Gasteiger partial charge in [0.05, 0.1) is 5.69 Å². The molecule has 0 fully saturated rings. The van der Waals surface area contributed by atoms with Crippen molar-refractivity contribution in [1.29, 1.82) is 0 Å². The van der Waals surface area contributed by atoms with E-state index >= 15 is 0 Å². The highest BCUT2D eigenvalue weighted by Gasteiger charge is 2.08. The summed E-state index contributed by atoms with van der Waals surface area (Å²) in [5.41, 5.74) is 2.35. The second-order valence-electron chi connectivity index (χ2n) is 5.07. The van der Waals surface area contributed by atoms with Crippen LogP contribution >= 0.6 is 15.9 Å². The number of hydrogen-bond donors (Lipinski definition) is 1. The normalized spacial score (nSPS) is 11.0. The third-order valence-corrected chi connectivity index (χ3v) is 3.31. The molecule has 0 atom stereocenters. The molecule has 0 bridgehead atoms. The number of carbonyl (C=O) groups excluding carboxylic acids is 1.